The Bertz CT molecular complexity index is 124. The molecule has 1 aliphatic rings. The lowest BCUT2D eigenvalue weighted by atomic mass is 10.3. The van der Waals surface area contributed by atoms with E-state index in [1.165, 1.54) is 7.11 Å². The molecule has 9 heavy (non-hydrogen) atoms. The number of rotatable bonds is 2. The maximum absolute atomic E-state index is 10.7. The first-order chi connectivity index (χ1) is 4.29. The number of halogens is 1. The van der Waals surface area contributed by atoms with E-state index in [1.54, 1.807) is 0 Å². The average molecular weight is 149 g/mol. The van der Waals surface area contributed by atoms with Crippen LogP contribution in [0.15, 0.2) is 0 Å². The number of esters is 1. The second kappa shape index (κ2) is 2.56. The molecule has 0 aliphatic heterocycles. The first kappa shape index (κ1) is 6.87. The lowest BCUT2D eigenvalue weighted by Crippen LogP contribution is -2.04. The molecule has 52 valence electrons. The van der Waals surface area contributed by atoms with Crippen molar-refractivity contribution in [2.24, 2.45) is 11.8 Å². The average Bonchev–Trinajstić information content (AvgIpc) is 2.64. The Morgan fingerprint density at radius 1 is 1.89 bits per heavy atom. The Morgan fingerprint density at radius 2 is 2.56 bits per heavy atom. The van der Waals surface area contributed by atoms with Gasteiger partial charge in [0.25, 0.3) is 0 Å². The Hall–Kier alpha value is -0.240. The monoisotopic (exact) mass is 148 g/mol. The summed E-state index contributed by atoms with van der Waals surface area (Å²) in [4.78, 5) is 10.7. The summed E-state index contributed by atoms with van der Waals surface area (Å²) in [6, 6.07) is 0. The van der Waals surface area contributed by atoms with Gasteiger partial charge in [0.2, 0.25) is 0 Å². The van der Waals surface area contributed by atoms with E-state index in [2.05, 4.69) is 4.74 Å². The summed E-state index contributed by atoms with van der Waals surface area (Å²) in [5.41, 5.74) is 0. The zero-order chi connectivity index (χ0) is 6.85. The number of hydrogen-bond donors (Lipinski definition) is 0. The van der Waals surface area contributed by atoms with Crippen LogP contribution < -0.4 is 0 Å². The predicted octanol–water partition coefficient (Wildman–Crippen LogP) is 1.03. The molecule has 2 unspecified atom stereocenters. The molecule has 1 saturated carbocycles. The fourth-order valence-electron chi connectivity index (χ4n) is 0.858. The molecule has 2 atom stereocenters. The fourth-order valence-corrected chi connectivity index (χ4v) is 1.20. The summed E-state index contributed by atoms with van der Waals surface area (Å²) in [7, 11) is 1.41. The normalized spacial score (nSPS) is 31.8. The van der Waals surface area contributed by atoms with Crippen LogP contribution in [-0.4, -0.2) is 19.0 Å². The highest BCUT2D eigenvalue weighted by Gasteiger charge is 2.42. The van der Waals surface area contributed by atoms with Crippen molar-refractivity contribution in [3.05, 3.63) is 0 Å². The van der Waals surface area contributed by atoms with Crippen molar-refractivity contribution in [1.82, 2.24) is 0 Å². The molecule has 0 aromatic carbocycles. The van der Waals surface area contributed by atoms with Crippen LogP contribution in [0.25, 0.3) is 0 Å². The largest absolute Gasteiger partial charge is 0.469 e. The van der Waals surface area contributed by atoms with Crippen LogP contribution in [0, 0.1) is 11.8 Å². The molecular formula is C6H9ClO2. The maximum atomic E-state index is 10.7. The maximum Gasteiger partial charge on any atom is 0.308 e. The number of ether oxygens (including phenoxy) is 1. The summed E-state index contributed by atoms with van der Waals surface area (Å²) >= 11 is 5.49. The van der Waals surface area contributed by atoms with Crippen LogP contribution in [0.5, 0.6) is 0 Å². The minimum Gasteiger partial charge on any atom is -0.469 e. The van der Waals surface area contributed by atoms with Crippen LogP contribution in [0.4, 0.5) is 0 Å². The van der Waals surface area contributed by atoms with Gasteiger partial charge in [-0.1, -0.05) is 0 Å². The van der Waals surface area contributed by atoms with Gasteiger partial charge in [-0.3, -0.25) is 4.79 Å². The van der Waals surface area contributed by atoms with Gasteiger partial charge in [0.15, 0.2) is 0 Å². The van der Waals surface area contributed by atoms with E-state index in [0.29, 0.717) is 11.8 Å². The molecule has 0 saturated heterocycles. The van der Waals surface area contributed by atoms with Gasteiger partial charge < -0.3 is 4.74 Å². The van der Waals surface area contributed by atoms with Crippen molar-refractivity contribution in [1.29, 1.82) is 0 Å². The van der Waals surface area contributed by atoms with E-state index in [9.17, 15) is 4.79 Å². The molecular weight excluding hydrogens is 140 g/mol. The number of carbonyl (C=O) groups excluding carboxylic acids is 1. The quantitative estimate of drug-likeness (QED) is 0.432. The minimum absolute atomic E-state index is 0.104. The molecule has 0 N–H and O–H groups in total. The van der Waals surface area contributed by atoms with Gasteiger partial charge in [-0.2, -0.15) is 0 Å². The third-order valence-electron chi connectivity index (χ3n) is 1.62. The third-order valence-corrected chi connectivity index (χ3v) is 2.02. The summed E-state index contributed by atoms with van der Waals surface area (Å²) in [6.45, 7) is 0. The molecule has 3 heteroatoms. The van der Waals surface area contributed by atoms with Gasteiger partial charge in [-0.25, -0.2) is 0 Å². The van der Waals surface area contributed by atoms with Crippen LogP contribution in [-0.2, 0) is 9.53 Å². The zero-order valence-corrected chi connectivity index (χ0v) is 6.02. The highest BCUT2D eigenvalue weighted by molar-refractivity contribution is 6.18. The molecule has 0 aromatic heterocycles. The van der Waals surface area contributed by atoms with Gasteiger partial charge in [-0.05, 0) is 12.3 Å². The number of methoxy groups -OCH3 is 1. The smallest absolute Gasteiger partial charge is 0.308 e. The molecule has 0 spiro atoms. The molecule has 0 amide bonds. The molecule has 1 rings (SSSR count). The van der Waals surface area contributed by atoms with Crippen LogP contribution in [0.2, 0.25) is 0 Å². The van der Waals surface area contributed by atoms with E-state index in [4.69, 9.17) is 11.6 Å². The van der Waals surface area contributed by atoms with Crippen molar-refractivity contribution in [2.75, 3.05) is 13.0 Å². The topological polar surface area (TPSA) is 26.3 Å². The third kappa shape index (κ3) is 1.36. The molecule has 0 heterocycles. The first-order valence-corrected chi connectivity index (χ1v) is 3.47. The van der Waals surface area contributed by atoms with Crippen molar-refractivity contribution in [3.8, 4) is 0 Å². The number of hydrogen-bond acceptors (Lipinski definition) is 2. The van der Waals surface area contributed by atoms with Crippen molar-refractivity contribution >= 4 is 17.6 Å². The zero-order valence-electron chi connectivity index (χ0n) is 5.26. The Morgan fingerprint density at radius 3 is 2.89 bits per heavy atom. The lowest BCUT2D eigenvalue weighted by molar-refractivity contribution is -0.142. The van der Waals surface area contributed by atoms with Crippen molar-refractivity contribution in [2.45, 2.75) is 6.42 Å². The van der Waals surface area contributed by atoms with Gasteiger partial charge >= 0.3 is 5.97 Å². The van der Waals surface area contributed by atoms with E-state index >= 15 is 0 Å². The number of carbonyl (C=O) groups is 1. The molecule has 2 nitrogen and oxygen atoms in total. The second-order valence-corrected chi connectivity index (χ2v) is 2.59. The van der Waals surface area contributed by atoms with E-state index < -0.39 is 0 Å². The molecule has 1 fully saturated rings. The minimum atomic E-state index is -0.111. The fraction of sp³-hybridized carbons (Fsp3) is 0.833. The van der Waals surface area contributed by atoms with Gasteiger partial charge in [-0.15, -0.1) is 11.6 Å². The van der Waals surface area contributed by atoms with Crippen molar-refractivity contribution < 1.29 is 9.53 Å². The van der Waals surface area contributed by atoms with Crippen LogP contribution in [0.1, 0.15) is 6.42 Å². The van der Waals surface area contributed by atoms with E-state index in [0.717, 1.165) is 6.42 Å². The highest BCUT2D eigenvalue weighted by Crippen LogP contribution is 2.39. The first-order valence-electron chi connectivity index (χ1n) is 2.93. The SMILES string of the molecule is COC(=O)C1CC1CCl. The molecule has 0 aromatic rings. The van der Waals surface area contributed by atoms with E-state index in [-0.39, 0.29) is 11.9 Å². The van der Waals surface area contributed by atoms with Gasteiger partial charge in [0, 0.05) is 5.88 Å². The number of alkyl halides is 1. The van der Waals surface area contributed by atoms with Crippen LogP contribution in [0.3, 0.4) is 0 Å². The van der Waals surface area contributed by atoms with Crippen LogP contribution >= 0.6 is 11.6 Å². The summed E-state index contributed by atoms with van der Waals surface area (Å²) in [6.07, 6.45) is 0.913. The molecule has 1 aliphatic carbocycles. The van der Waals surface area contributed by atoms with Crippen molar-refractivity contribution in [3.63, 3.8) is 0 Å². The van der Waals surface area contributed by atoms with E-state index in [1.807, 2.05) is 0 Å². The summed E-state index contributed by atoms with van der Waals surface area (Å²) in [5.74, 6) is 0.965. The summed E-state index contributed by atoms with van der Waals surface area (Å²) < 4.78 is 4.51. The lowest BCUT2D eigenvalue weighted by Gasteiger charge is -1.92. The standard InChI is InChI=1S/C6H9ClO2/c1-9-6(8)5-2-4(5)3-7/h4-5H,2-3H2,1H3. The van der Waals surface area contributed by atoms with Gasteiger partial charge in [0.1, 0.15) is 0 Å². The molecule has 0 bridgehead atoms. The molecule has 0 radical (unpaired) electrons. The highest BCUT2D eigenvalue weighted by atomic mass is 35.5. The Kier molecular flexibility index (Phi) is 1.96. The predicted molar refractivity (Wildman–Crippen MR) is 34.3 cm³/mol. The Labute approximate surface area is 59.1 Å². The second-order valence-electron chi connectivity index (χ2n) is 2.28. The van der Waals surface area contributed by atoms with Gasteiger partial charge in [0.05, 0.1) is 13.0 Å². The Balaban J connectivity index is 2.25. The summed E-state index contributed by atoms with van der Waals surface area (Å²) in [5, 5.41) is 0.